The van der Waals surface area contributed by atoms with Crippen LogP contribution in [0.25, 0.3) is 0 Å². The normalized spacial score (nSPS) is 14.9. The maximum absolute atomic E-state index is 11.5. The van der Waals surface area contributed by atoms with Crippen molar-refractivity contribution in [3.05, 3.63) is 22.8 Å². The number of halogens is 1. The number of rotatable bonds is 4. The second-order valence-electron chi connectivity index (χ2n) is 3.79. The lowest BCUT2D eigenvalue weighted by molar-refractivity contribution is -0.125. The van der Waals surface area contributed by atoms with Gasteiger partial charge in [-0.1, -0.05) is 11.6 Å². The van der Waals surface area contributed by atoms with Gasteiger partial charge in [0, 0.05) is 6.54 Å². The Balaban J connectivity index is 2.19. The van der Waals surface area contributed by atoms with E-state index in [4.69, 9.17) is 11.6 Å². The summed E-state index contributed by atoms with van der Waals surface area (Å²) in [5.74, 6) is 0.399. The third-order valence-corrected chi connectivity index (χ3v) is 2.87. The third-order valence-electron chi connectivity index (χ3n) is 2.52. The fourth-order valence-electron chi connectivity index (χ4n) is 1.64. The van der Waals surface area contributed by atoms with E-state index >= 15 is 0 Å². The molecule has 1 fully saturated rings. The fourth-order valence-corrected chi connectivity index (χ4v) is 1.80. The largest absolute Gasteiger partial charge is 0.370 e. The van der Waals surface area contributed by atoms with Gasteiger partial charge in [-0.15, -0.1) is 0 Å². The molecule has 1 saturated heterocycles. The van der Waals surface area contributed by atoms with Crippen molar-refractivity contribution in [1.29, 1.82) is 0 Å². The molecule has 0 bridgehead atoms. The summed E-state index contributed by atoms with van der Waals surface area (Å²) in [4.78, 5) is 28.3. The van der Waals surface area contributed by atoms with Crippen molar-refractivity contribution >= 4 is 29.4 Å². The molecule has 1 aromatic rings. The van der Waals surface area contributed by atoms with Gasteiger partial charge in [0.2, 0.25) is 5.91 Å². The molecular formula is C11H13ClN4O2. The zero-order valence-electron chi connectivity index (χ0n) is 9.86. The molecule has 1 aromatic heterocycles. The number of carbonyl (C=O) groups excluding carboxylic acids is 2. The quantitative estimate of drug-likeness (QED) is 0.805. The summed E-state index contributed by atoms with van der Waals surface area (Å²) in [7, 11) is 0. The highest BCUT2D eigenvalue weighted by atomic mass is 35.5. The van der Waals surface area contributed by atoms with Gasteiger partial charge < -0.3 is 10.6 Å². The number of amides is 3. The van der Waals surface area contributed by atoms with E-state index in [0.29, 0.717) is 16.5 Å². The van der Waals surface area contributed by atoms with E-state index in [-0.39, 0.29) is 19.0 Å². The number of anilines is 1. The standard InChI is InChI=1S/C11H13ClN4O2/c1-2-13-9-4-3-7(12)8(15-9)6-16-10(17)5-14-11(16)18/h3-4H,2,5-6H2,1H3,(H,13,15)(H,14,18). The second-order valence-corrected chi connectivity index (χ2v) is 4.20. The first-order valence-electron chi connectivity index (χ1n) is 5.59. The van der Waals surface area contributed by atoms with E-state index in [1.165, 1.54) is 0 Å². The Hall–Kier alpha value is -1.82. The number of urea groups is 1. The van der Waals surface area contributed by atoms with Crippen molar-refractivity contribution in [3.8, 4) is 0 Å². The number of nitrogens with one attached hydrogen (secondary N) is 2. The first-order valence-corrected chi connectivity index (χ1v) is 5.97. The molecule has 0 aromatic carbocycles. The van der Waals surface area contributed by atoms with Crippen molar-refractivity contribution in [3.63, 3.8) is 0 Å². The van der Waals surface area contributed by atoms with Crippen molar-refractivity contribution < 1.29 is 9.59 Å². The van der Waals surface area contributed by atoms with E-state index in [0.717, 1.165) is 11.4 Å². The number of pyridine rings is 1. The summed E-state index contributed by atoms with van der Waals surface area (Å²) in [5, 5.41) is 5.93. The van der Waals surface area contributed by atoms with Gasteiger partial charge in [0.25, 0.3) is 0 Å². The van der Waals surface area contributed by atoms with E-state index in [2.05, 4.69) is 15.6 Å². The van der Waals surface area contributed by atoms with Crippen LogP contribution >= 0.6 is 11.6 Å². The Kier molecular flexibility index (Phi) is 3.66. The number of hydrogen-bond acceptors (Lipinski definition) is 4. The summed E-state index contributed by atoms with van der Waals surface area (Å²) < 4.78 is 0. The van der Waals surface area contributed by atoms with E-state index < -0.39 is 6.03 Å². The highest BCUT2D eigenvalue weighted by Crippen LogP contribution is 2.19. The molecule has 0 radical (unpaired) electrons. The summed E-state index contributed by atoms with van der Waals surface area (Å²) >= 11 is 6.01. The Morgan fingerprint density at radius 3 is 2.89 bits per heavy atom. The van der Waals surface area contributed by atoms with Crippen molar-refractivity contribution in [2.45, 2.75) is 13.5 Å². The van der Waals surface area contributed by atoms with Gasteiger partial charge in [-0.05, 0) is 19.1 Å². The molecule has 96 valence electrons. The molecule has 0 spiro atoms. The average molecular weight is 269 g/mol. The van der Waals surface area contributed by atoms with E-state index in [1.54, 1.807) is 12.1 Å². The van der Waals surface area contributed by atoms with Gasteiger partial charge in [-0.3, -0.25) is 9.69 Å². The van der Waals surface area contributed by atoms with Crippen LogP contribution in [0.5, 0.6) is 0 Å². The maximum atomic E-state index is 11.5. The van der Waals surface area contributed by atoms with E-state index in [9.17, 15) is 9.59 Å². The van der Waals surface area contributed by atoms with Gasteiger partial charge in [-0.25, -0.2) is 9.78 Å². The molecule has 0 aliphatic carbocycles. The minimum Gasteiger partial charge on any atom is -0.370 e. The monoisotopic (exact) mass is 268 g/mol. The van der Waals surface area contributed by atoms with E-state index in [1.807, 2.05) is 6.92 Å². The molecule has 18 heavy (non-hydrogen) atoms. The minimum absolute atomic E-state index is 0.0311. The summed E-state index contributed by atoms with van der Waals surface area (Å²) in [6, 6.07) is 3.04. The number of nitrogens with zero attached hydrogens (tertiary/aromatic N) is 2. The molecule has 2 heterocycles. The predicted octanol–water partition coefficient (Wildman–Crippen LogP) is 1.22. The van der Waals surface area contributed by atoms with Crippen LogP contribution in [0.1, 0.15) is 12.6 Å². The lowest BCUT2D eigenvalue weighted by Crippen LogP contribution is -2.30. The highest BCUT2D eigenvalue weighted by Gasteiger charge is 2.29. The molecule has 0 atom stereocenters. The highest BCUT2D eigenvalue weighted by molar-refractivity contribution is 6.31. The average Bonchev–Trinajstić information content (AvgIpc) is 2.65. The van der Waals surface area contributed by atoms with Gasteiger partial charge in [0.1, 0.15) is 5.82 Å². The van der Waals surface area contributed by atoms with Crippen LogP contribution in [0.2, 0.25) is 5.02 Å². The summed E-state index contributed by atoms with van der Waals surface area (Å²) in [5.41, 5.74) is 0.500. The van der Waals surface area contributed by atoms with Crippen LogP contribution < -0.4 is 10.6 Å². The molecule has 0 saturated carbocycles. The molecule has 2 N–H and O–H groups in total. The second kappa shape index (κ2) is 5.22. The van der Waals surface area contributed by atoms with Crippen LogP contribution in [0.15, 0.2) is 12.1 Å². The maximum Gasteiger partial charge on any atom is 0.324 e. The Morgan fingerprint density at radius 1 is 1.50 bits per heavy atom. The number of hydrogen-bond donors (Lipinski definition) is 2. The van der Waals surface area contributed by atoms with Crippen LogP contribution in [-0.2, 0) is 11.3 Å². The fraction of sp³-hybridized carbons (Fsp3) is 0.364. The van der Waals surface area contributed by atoms with Gasteiger partial charge in [0.15, 0.2) is 0 Å². The smallest absolute Gasteiger partial charge is 0.324 e. The summed E-state index contributed by atoms with van der Waals surface area (Å²) in [6.07, 6.45) is 0. The molecular weight excluding hydrogens is 256 g/mol. The molecule has 6 nitrogen and oxygen atoms in total. The Bertz CT molecular complexity index is 476. The lowest BCUT2D eigenvalue weighted by atomic mass is 10.3. The summed E-state index contributed by atoms with van der Waals surface area (Å²) in [6.45, 7) is 2.80. The lowest BCUT2D eigenvalue weighted by Gasteiger charge is -2.13. The number of aromatic nitrogens is 1. The predicted molar refractivity (Wildman–Crippen MR) is 67.4 cm³/mol. The SMILES string of the molecule is CCNc1ccc(Cl)c(CN2C(=O)CNC2=O)n1. The zero-order chi connectivity index (χ0) is 13.1. The topological polar surface area (TPSA) is 74.3 Å². The van der Waals surface area contributed by atoms with Crippen LogP contribution in [0.4, 0.5) is 10.6 Å². The Labute approximate surface area is 109 Å². The van der Waals surface area contributed by atoms with Gasteiger partial charge in [-0.2, -0.15) is 0 Å². The van der Waals surface area contributed by atoms with Crippen LogP contribution in [-0.4, -0.2) is 34.9 Å². The first-order chi connectivity index (χ1) is 8.61. The van der Waals surface area contributed by atoms with Crippen LogP contribution in [0, 0.1) is 0 Å². The molecule has 3 amide bonds. The molecule has 7 heteroatoms. The molecule has 0 unspecified atom stereocenters. The zero-order valence-corrected chi connectivity index (χ0v) is 10.6. The molecule has 1 aliphatic rings. The van der Waals surface area contributed by atoms with Gasteiger partial charge in [0.05, 0.1) is 23.8 Å². The van der Waals surface area contributed by atoms with Crippen molar-refractivity contribution in [1.82, 2.24) is 15.2 Å². The van der Waals surface area contributed by atoms with Crippen molar-refractivity contribution in [2.75, 3.05) is 18.4 Å². The first kappa shape index (κ1) is 12.6. The van der Waals surface area contributed by atoms with Crippen molar-refractivity contribution in [2.24, 2.45) is 0 Å². The minimum atomic E-state index is -0.410. The molecule has 1 aliphatic heterocycles. The molecule has 2 rings (SSSR count). The number of imide groups is 1. The third kappa shape index (κ3) is 2.53. The Morgan fingerprint density at radius 2 is 2.28 bits per heavy atom. The number of carbonyl (C=O) groups is 2. The van der Waals surface area contributed by atoms with Crippen LogP contribution in [0.3, 0.4) is 0 Å². The van der Waals surface area contributed by atoms with Gasteiger partial charge >= 0.3 is 6.03 Å².